The van der Waals surface area contributed by atoms with E-state index in [0.29, 0.717) is 6.42 Å². The van der Waals surface area contributed by atoms with Gasteiger partial charge in [0.2, 0.25) is 5.91 Å². The van der Waals surface area contributed by atoms with Gasteiger partial charge in [-0.25, -0.2) is 4.57 Å². The lowest BCUT2D eigenvalue weighted by molar-refractivity contribution is -0.147. The Morgan fingerprint density at radius 1 is 0.500 bits per heavy atom. The first kappa shape index (κ1) is 60.5. The molecule has 0 radical (unpaired) electrons. The molecule has 1 amide bonds. The number of carbonyl (C=O) groups excluding carboxylic acids is 2. The van der Waals surface area contributed by atoms with E-state index >= 15 is 0 Å². The smallest absolute Gasteiger partial charge is 0.463 e. The number of hydrogen-bond donors (Lipinski definition) is 3. The predicted octanol–water partition coefficient (Wildman–Crippen LogP) is 15.5. The number of phosphoric acid groups is 1. The van der Waals surface area contributed by atoms with Crippen LogP contribution in [0.1, 0.15) is 264 Å². The summed E-state index contributed by atoms with van der Waals surface area (Å²) in [6.45, 7) is 3.58. The number of unbranched alkanes of at least 4 members (excludes halogenated alkanes) is 33. The minimum Gasteiger partial charge on any atom is -0.463 e. The maximum absolute atomic E-state index is 12.1. The molecule has 9 nitrogen and oxygen atoms in total. The van der Waals surface area contributed by atoms with Crippen LogP contribution in [0.2, 0.25) is 0 Å². The van der Waals surface area contributed by atoms with Gasteiger partial charge in [0, 0.05) is 19.4 Å². The summed E-state index contributed by atoms with van der Waals surface area (Å²) in [5, 5.41) is 12.8. The molecule has 0 aromatic rings. The zero-order chi connectivity index (χ0) is 45.3. The molecule has 0 heterocycles. The molecule has 0 aliphatic heterocycles. The molecule has 366 valence electrons. The normalized spacial score (nSPS) is 13.3. The molecular weight excluding hydrogens is 798 g/mol. The molecular formula is C52H100NO8P. The maximum Gasteiger partial charge on any atom is 0.472 e. The Kier molecular flexibility index (Phi) is 47.7. The fourth-order valence-electron chi connectivity index (χ4n) is 7.65. The Bertz CT molecular complexity index is 1070. The van der Waals surface area contributed by atoms with Crippen molar-refractivity contribution in [3.05, 3.63) is 24.3 Å². The number of hydrogen-bond acceptors (Lipinski definition) is 7. The number of aliphatic hydroxyl groups is 1. The average molecular weight is 898 g/mol. The monoisotopic (exact) mass is 898 g/mol. The van der Waals surface area contributed by atoms with Crippen LogP contribution in [0.3, 0.4) is 0 Å². The van der Waals surface area contributed by atoms with Gasteiger partial charge in [0.25, 0.3) is 0 Å². The van der Waals surface area contributed by atoms with Gasteiger partial charge in [0.15, 0.2) is 0 Å². The van der Waals surface area contributed by atoms with Crippen molar-refractivity contribution in [2.45, 2.75) is 270 Å². The molecule has 10 heteroatoms. The molecule has 0 spiro atoms. The van der Waals surface area contributed by atoms with Gasteiger partial charge in [0.1, 0.15) is 12.7 Å². The number of phosphoric ester groups is 1. The number of amides is 1. The molecule has 0 fully saturated rings. The van der Waals surface area contributed by atoms with Gasteiger partial charge in [0.05, 0.1) is 13.2 Å². The van der Waals surface area contributed by atoms with Crippen LogP contribution < -0.4 is 5.32 Å². The highest BCUT2D eigenvalue weighted by Crippen LogP contribution is 2.42. The lowest BCUT2D eigenvalue weighted by Crippen LogP contribution is -2.27. The van der Waals surface area contributed by atoms with Gasteiger partial charge >= 0.3 is 13.8 Å². The molecule has 0 saturated carbocycles. The first-order chi connectivity index (χ1) is 30.3. The Labute approximate surface area is 382 Å². The zero-order valence-electron chi connectivity index (χ0n) is 40.6. The van der Waals surface area contributed by atoms with Gasteiger partial charge in [-0.3, -0.25) is 18.6 Å². The van der Waals surface area contributed by atoms with Gasteiger partial charge in [-0.15, -0.1) is 0 Å². The molecule has 2 unspecified atom stereocenters. The first-order valence-corrected chi connectivity index (χ1v) is 27.8. The summed E-state index contributed by atoms with van der Waals surface area (Å²) in [7, 11) is -4.42. The van der Waals surface area contributed by atoms with E-state index < -0.39 is 26.5 Å². The van der Waals surface area contributed by atoms with Gasteiger partial charge < -0.3 is 20.1 Å². The first-order valence-electron chi connectivity index (χ1n) is 26.3. The standard InChI is InChI=1S/C52H100NO8P/c1-3-5-7-9-11-13-15-17-19-21-23-24-25-26-27-29-31-33-35-37-39-41-43-45-52(56)59-48-50(54)49-61-62(57,58)60-47-46-53-51(55)44-42-40-38-36-34-32-30-28-22-20-18-16-14-12-10-8-6-4-2/h14,16,20,22,50,54H,3-13,15,17-19,21,23-49H2,1-2H3,(H,53,55)(H,57,58)/b16-14-,22-20-. The summed E-state index contributed by atoms with van der Waals surface area (Å²) in [6.07, 6.45) is 55.5. The second-order valence-electron chi connectivity index (χ2n) is 17.9. The van der Waals surface area contributed by atoms with Gasteiger partial charge in [-0.1, -0.05) is 231 Å². The van der Waals surface area contributed by atoms with Crippen LogP contribution in [-0.4, -0.2) is 54.3 Å². The van der Waals surface area contributed by atoms with Crippen molar-refractivity contribution in [1.82, 2.24) is 5.32 Å². The molecule has 0 aromatic heterocycles. The Morgan fingerprint density at radius 3 is 1.31 bits per heavy atom. The highest BCUT2D eigenvalue weighted by Gasteiger charge is 2.23. The number of esters is 1. The lowest BCUT2D eigenvalue weighted by Gasteiger charge is -2.15. The number of nitrogens with one attached hydrogen (secondary N) is 1. The number of allylic oxidation sites excluding steroid dienone is 4. The average Bonchev–Trinajstić information content (AvgIpc) is 3.26. The van der Waals surface area contributed by atoms with Crippen LogP contribution in [0.5, 0.6) is 0 Å². The largest absolute Gasteiger partial charge is 0.472 e. The Balaban J connectivity index is 3.52. The van der Waals surface area contributed by atoms with E-state index in [0.717, 1.165) is 51.4 Å². The molecule has 0 bridgehead atoms. The van der Waals surface area contributed by atoms with Crippen molar-refractivity contribution in [2.24, 2.45) is 0 Å². The van der Waals surface area contributed by atoms with Crippen LogP contribution in [0.25, 0.3) is 0 Å². The second kappa shape index (κ2) is 48.9. The molecule has 0 aliphatic rings. The lowest BCUT2D eigenvalue weighted by atomic mass is 10.0. The Morgan fingerprint density at radius 2 is 0.871 bits per heavy atom. The molecule has 2 atom stereocenters. The number of rotatable bonds is 50. The van der Waals surface area contributed by atoms with E-state index in [4.69, 9.17) is 13.8 Å². The fourth-order valence-corrected chi connectivity index (χ4v) is 8.41. The molecule has 0 saturated heterocycles. The summed E-state index contributed by atoms with van der Waals surface area (Å²) < 4.78 is 27.0. The molecule has 62 heavy (non-hydrogen) atoms. The highest BCUT2D eigenvalue weighted by atomic mass is 31.2. The fraction of sp³-hybridized carbons (Fsp3) is 0.885. The summed E-state index contributed by atoms with van der Waals surface area (Å²) in [6, 6.07) is 0. The third kappa shape index (κ3) is 49.5. The quantitative estimate of drug-likeness (QED) is 0.0238. The van der Waals surface area contributed by atoms with E-state index in [1.54, 1.807) is 0 Å². The summed E-state index contributed by atoms with van der Waals surface area (Å²) in [5.41, 5.74) is 0. The highest BCUT2D eigenvalue weighted by molar-refractivity contribution is 7.47. The second-order valence-corrected chi connectivity index (χ2v) is 19.3. The van der Waals surface area contributed by atoms with Crippen LogP contribution >= 0.6 is 7.82 Å². The number of ether oxygens (including phenoxy) is 1. The Hall–Kier alpha value is -1.51. The molecule has 0 rings (SSSR count). The van der Waals surface area contributed by atoms with E-state index in [1.807, 2.05) is 0 Å². The molecule has 0 aromatic carbocycles. The SMILES string of the molecule is CCCCCC/C=C\C/C=C\CCCCCCCCCC(=O)NCCOP(=O)(O)OCC(O)COC(=O)CCCCCCCCCCCCCCCCCCCCCCCCC. The third-order valence-electron chi connectivity index (χ3n) is 11.6. The summed E-state index contributed by atoms with van der Waals surface area (Å²) in [5.74, 6) is -0.513. The van der Waals surface area contributed by atoms with Crippen molar-refractivity contribution >= 4 is 19.7 Å². The van der Waals surface area contributed by atoms with E-state index in [1.165, 1.54) is 186 Å². The molecule has 3 N–H and O–H groups in total. The van der Waals surface area contributed by atoms with Crippen LogP contribution in [0.15, 0.2) is 24.3 Å². The zero-order valence-corrected chi connectivity index (χ0v) is 41.5. The minimum atomic E-state index is -4.42. The predicted molar refractivity (Wildman–Crippen MR) is 261 cm³/mol. The van der Waals surface area contributed by atoms with Crippen molar-refractivity contribution in [3.8, 4) is 0 Å². The summed E-state index contributed by atoms with van der Waals surface area (Å²) >= 11 is 0. The van der Waals surface area contributed by atoms with E-state index in [-0.39, 0.29) is 32.1 Å². The van der Waals surface area contributed by atoms with Crippen molar-refractivity contribution in [2.75, 3.05) is 26.4 Å². The van der Waals surface area contributed by atoms with Crippen LogP contribution in [0.4, 0.5) is 0 Å². The maximum atomic E-state index is 12.1. The van der Waals surface area contributed by atoms with Crippen molar-refractivity contribution < 1.29 is 37.9 Å². The van der Waals surface area contributed by atoms with Gasteiger partial charge in [-0.2, -0.15) is 0 Å². The van der Waals surface area contributed by atoms with E-state index in [9.17, 15) is 24.2 Å². The van der Waals surface area contributed by atoms with Gasteiger partial charge in [-0.05, 0) is 44.9 Å². The number of aliphatic hydroxyl groups excluding tert-OH is 1. The summed E-state index contributed by atoms with van der Waals surface area (Å²) in [4.78, 5) is 34.1. The third-order valence-corrected chi connectivity index (χ3v) is 12.6. The molecule has 0 aliphatic carbocycles. The minimum absolute atomic E-state index is 0.0796. The number of carbonyl (C=O) groups is 2. The van der Waals surface area contributed by atoms with Crippen LogP contribution in [-0.2, 0) is 27.9 Å². The topological polar surface area (TPSA) is 131 Å². The van der Waals surface area contributed by atoms with E-state index in [2.05, 4.69) is 43.5 Å². The van der Waals surface area contributed by atoms with Crippen LogP contribution in [0, 0.1) is 0 Å². The van der Waals surface area contributed by atoms with Crippen molar-refractivity contribution in [1.29, 1.82) is 0 Å². The van der Waals surface area contributed by atoms with Crippen molar-refractivity contribution in [3.63, 3.8) is 0 Å².